The number of esters is 2. The fourth-order valence-corrected chi connectivity index (χ4v) is 5.32. The summed E-state index contributed by atoms with van der Waals surface area (Å²) in [4.78, 5) is 49.7. The Morgan fingerprint density at radius 3 is 2.29 bits per heavy atom. The summed E-state index contributed by atoms with van der Waals surface area (Å²) in [5.41, 5.74) is -0.401. The van der Waals surface area contributed by atoms with Gasteiger partial charge in [0.15, 0.2) is 11.6 Å². The number of aliphatic hydroxyl groups excluding tert-OH is 1. The van der Waals surface area contributed by atoms with Crippen molar-refractivity contribution in [2.75, 3.05) is 0 Å². The molecule has 3 rings (SSSR count). The van der Waals surface area contributed by atoms with Gasteiger partial charge in [-0.15, -0.1) is 0 Å². The van der Waals surface area contributed by atoms with Gasteiger partial charge in [-0.3, -0.25) is 19.2 Å². The van der Waals surface area contributed by atoms with Crippen LogP contribution in [0.3, 0.4) is 0 Å². The molecule has 4 bridgehead atoms. The molecule has 0 fully saturated rings. The fourth-order valence-electron chi connectivity index (χ4n) is 5.32. The number of carbonyl (C=O) groups excluding carboxylic acids is 4. The maximum absolute atomic E-state index is 13.5. The summed E-state index contributed by atoms with van der Waals surface area (Å²) in [6.45, 7) is 9.79. The molecule has 168 valence electrons. The Bertz CT molecular complexity index is 936. The average Bonchev–Trinajstić information content (AvgIpc) is 2.64. The predicted molar refractivity (Wildman–Crippen MR) is 112 cm³/mol. The number of hydrogen-bond donors (Lipinski definition) is 1. The van der Waals surface area contributed by atoms with Gasteiger partial charge in [-0.05, 0) is 55.4 Å². The maximum Gasteiger partial charge on any atom is 0.303 e. The highest BCUT2D eigenvalue weighted by molar-refractivity contribution is 6.08. The van der Waals surface area contributed by atoms with Crippen molar-refractivity contribution >= 4 is 23.5 Å². The van der Waals surface area contributed by atoms with Crippen LogP contribution in [0, 0.1) is 16.7 Å². The van der Waals surface area contributed by atoms with Gasteiger partial charge >= 0.3 is 11.9 Å². The molecular formula is C24H30O7. The summed E-state index contributed by atoms with van der Waals surface area (Å²) >= 11 is 0. The molecule has 0 aromatic rings. The van der Waals surface area contributed by atoms with Crippen LogP contribution in [0.25, 0.3) is 0 Å². The van der Waals surface area contributed by atoms with Crippen molar-refractivity contribution < 1.29 is 33.8 Å². The molecule has 0 aromatic carbocycles. The van der Waals surface area contributed by atoms with Crippen LogP contribution in [0.4, 0.5) is 0 Å². The first-order valence-electron chi connectivity index (χ1n) is 10.5. The van der Waals surface area contributed by atoms with Crippen molar-refractivity contribution in [1.82, 2.24) is 0 Å². The minimum Gasteiger partial charge on any atom is -0.458 e. The molecule has 1 N–H and O–H groups in total. The number of aliphatic hydroxyl groups is 1. The number of ether oxygens (including phenoxy) is 2. The van der Waals surface area contributed by atoms with Crippen LogP contribution in [0.5, 0.6) is 0 Å². The average molecular weight is 430 g/mol. The Morgan fingerprint density at radius 2 is 1.71 bits per heavy atom. The molecule has 31 heavy (non-hydrogen) atoms. The molecule has 0 radical (unpaired) electrons. The Balaban J connectivity index is 2.30. The van der Waals surface area contributed by atoms with Gasteiger partial charge in [0.2, 0.25) is 0 Å². The third kappa shape index (κ3) is 4.03. The number of allylic oxidation sites excluding steroid dienone is 3. The number of fused-ring (bicyclic) bond motifs is 4. The zero-order valence-electron chi connectivity index (χ0n) is 18.9. The van der Waals surface area contributed by atoms with E-state index in [2.05, 4.69) is 0 Å². The van der Waals surface area contributed by atoms with Crippen molar-refractivity contribution in [3.63, 3.8) is 0 Å². The first kappa shape index (κ1) is 23.1. The van der Waals surface area contributed by atoms with Gasteiger partial charge in [0.05, 0.1) is 5.41 Å². The summed E-state index contributed by atoms with van der Waals surface area (Å²) in [7, 11) is 0. The van der Waals surface area contributed by atoms with Crippen LogP contribution in [-0.2, 0) is 28.7 Å². The standard InChI is InChI=1S/C24H30O7/c1-12-18(30-13(2)25)10-16-19(31-14(3)26)9-15-11-24(6,8-7-17(15)27)22(29)21(28)20(12)23(16,4)5/h7-9,16,18-19,21,28H,10-11H2,1-6H3. The van der Waals surface area contributed by atoms with Crippen molar-refractivity contribution in [3.05, 3.63) is 34.9 Å². The highest BCUT2D eigenvalue weighted by atomic mass is 16.5. The topological polar surface area (TPSA) is 107 Å². The van der Waals surface area contributed by atoms with Crippen LogP contribution in [-0.4, -0.2) is 46.9 Å². The van der Waals surface area contributed by atoms with Crippen molar-refractivity contribution in [2.45, 2.75) is 72.7 Å². The number of rotatable bonds is 2. The number of ketones is 2. The zero-order valence-corrected chi connectivity index (χ0v) is 18.9. The first-order valence-corrected chi connectivity index (χ1v) is 10.5. The molecule has 0 aliphatic heterocycles. The molecule has 0 saturated heterocycles. The van der Waals surface area contributed by atoms with Gasteiger partial charge in [0, 0.05) is 25.3 Å². The van der Waals surface area contributed by atoms with Gasteiger partial charge in [-0.25, -0.2) is 0 Å². The molecule has 7 heteroatoms. The Hall–Kier alpha value is -2.54. The van der Waals surface area contributed by atoms with E-state index in [1.165, 1.54) is 26.0 Å². The zero-order chi connectivity index (χ0) is 23.3. The van der Waals surface area contributed by atoms with Crippen molar-refractivity contribution in [1.29, 1.82) is 0 Å². The van der Waals surface area contributed by atoms with E-state index in [9.17, 15) is 24.3 Å². The van der Waals surface area contributed by atoms with E-state index in [-0.39, 0.29) is 12.2 Å². The summed E-state index contributed by atoms with van der Waals surface area (Å²) in [5, 5.41) is 11.3. The summed E-state index contributed by atoms with van der Waals surface area (Å²) < 4.78 is 11.2. The normalized spacial score (nSPS) is 34.7. The van der Waals surface area contributed by atoms with E-state index in [0.29, 0.717) is 23.1 Å². The van der Waals surface area contributed by atoms with Crippen LogP contribution >= 0.6 is 0 Å². The third-order valence-corrected chi connectivity index (χ3v) is 6.93. The second kappa shape index (κ2) is 7.86. The lowest BCUT2D eigenvalue weighted by molar-refractivity contribution is -0.154. The number of carbonyl (C=O) groups is 4. The molecule has 3 aliphatic rings. The third-order valence-electron chi connectivity index (χ3n) is 6.93. The van der Waals surface area contributed by atoms with E-state index in [1.54, 1.807) is 19.9 Å². The molecule has 0 heterocycles. The summed E-state index contributed by atoms with van der Waals surface area (Å²) in [6.07, 6.45) is 2.03. The Labute approximate surface area is 182 Å². The molecule has 3 aliphatic carbocycles. The van der Waals surface area contributed by atoms with Crippen LogP contribution in [0.15, 0.2) is 34.9 Å². The van der Waals surface area contributed by atoms with Gasteiger partial charge in [0.25, 0.3) is 0 Å². The Kier molecular flexibility index (Phi) is 5.86. The molecule has 0 amide bonds. The first-order chi connectivity index (χ1) is 14.3. The molecular weight excluding hydrogens is 400 g/mol. The smallest absolute Gasteiger partial charge is 0.303 e. The van der Waals surface area contributed by atoms with E-state index in [4.69, 9.17) is 9.47 Å². The highest BCUT2D eigenvalue weighted by Crippen LogP contribution is 2.51. The minimum absolute atomic E-state index is 0.114. The number of hydrogen-bond acceptors (Lipinski definition) is 7. The fraction of sp³-hybridized carbons (Fsp3) is 0.583. The van der Waals surface area contributed by atoms with E-state index >= 15 is 0 Å². The molecule has 0 saturated carbocycles. The molecule has 0 spiro atoms. The van der Waals surface area contributed by atoms with E-state index < -0.39 is 52.8 Å². The predicted octanol–water partition coefficient (Wildman–Crippen LogP) is 2.62. The van der Waals surface area contributed by atoms with Gasteiger partial charge in [-0.1, -0.05) is 19.9 Å². The second-order valence-electron chi connectivity index (χ2n) is 9.58. The lowest BCUT2D eigenvalue weighted by Gasteiger charge is -2.49. The summed E-state index contributed by atoms with van der Waals surface area (Å²) in [6, 6.07) is 0. The van der Waals surface area contributed by atoms with Crippen molar-refractivity contribution in [2.24, 2.45) is 16.7 Å². The van der Waals surface area contributed by atoms with E-state index in [1.807, 2.05) is 13.8 Å². The largest absolute Gasteiger partial charge is 0.458 e. The second-order valence-corrected chi connectivity index (χ2v) is 9.58. The van der Waals surface area contributed by atoms with Crippen LogP contribution < -0.4 is 0 Å². The van der Waals surface area contributed by atoms with E-state index in [0.717, 1.165) is 0 Å². The van der Waals surface area contributed by atoms with Crippen LogP contribution in [0.1, 0.15) is 54.4 Å². The van der Waals surface area contributed by atoms with Gasteiger partial charge in [-0.2, -0.15) is 0 Å². The molecule has 5 atom stereocenters. The highest BCUT2D eigenvalue weighted by Gasteiger charge is 2.52. The lowest BCUT2D eigenvalue weighted by atomic mass is 9.58. The van der Waals surface area contributed by atoms with Crippen molar-refractivity contribution in [3.8, 4) is 0 Å². The lowest BCUT2D eigenvalue weighted by Crippen LogP contribution is -2.51. The maximum atomic E-state index is 13.5. The van der Waals surface area contributed by atoms with Gasteiger partial charge < -0.3 is 14.6 Å². The minimum atomic E-state index is -1.45. The van der Waals surface area contributed by atoms with Gasteiger partial charge in [0.1, 0.15) is 18.3 Å². The quantitative estimate of drug-likeness (QED) is 0.530. The molecule has 7 nitrogen and oxygen atoms in total. The van der Waals surface area contributed by atoms with Crippen LogP contribution in [0.2, 0.25) is 0 Å². The Morgan fingerprint density at radius 1 is 1.10 bits per heavy atom. The summed E-state index contributed by atoms with van der Waals surface area (Å²) in [5.74, 6) is -2.10. The SMILES string of the molecule is CC(=O)OC1CC2C(OC(C)=O)C=C3CC(C)(C=CC3=O)C(=O)C(O)C(=C1C)C2(C)C. The molecule has 5 unspecified atom stereocenters. The number of Topliss-reactive ketones (excluding diaryl/α,β-unsaturated/α-hetero) is 1. The molecule has 0 aromatic heterocycles. The monoisotopic (exact) mass is 430 g/mol.